The predicted molar refractivity (Wildman–Crippen MR) is 145 cm³/mol. The number of likely N-dealkylation sites (tertiary alicyclic amines) is 1. The number of carbonyl (C=O) groups excluding carboxylic acids is 4. The average molecular weight is 524 g/mol. The molecule has 3 rings (SSSR count). The number of fused-ring (bicyclic) bond motifs is 2. The van der Waals surface area contributed by atoms with Crippen LogP contribution in [0.4, 0.5) is 5.69 Å². The molecule has 9 nitrogen and oxygen atoms in total. The van der Waals surface area contributed by atoms with E-state index in [1.807, 2.05) is 58.9 Å². The van der Waals surface area contributed by atoms with E-state index in [2.05, 4.69) is 11.4 Å². The van der Waals surface area contributed by atoms with Crippen molar-refractivity contribution in [3.05, 3.63) is 29.8 Å². The fourth-order valence-corrected chi connectivity index (χ4v) is 5.63. The molecule has 2 heterocycles. The minimum atomic E-state index is -0.999. The third-order valence-electron chi connectivity index (χ3n) is 7.77. The van der Waals surface area contributed by atoms with Gasteiger partial charge in [0.1, 0.15) is 18.1 Å². The van der Waals surface area contributed by atoms with Crippen molar-refractivity contribution in [2.24, 2.45) is 11.3 Å². The molecule has 4 amide bonds. The summed E-state index contributed by atoms with van der Waals surface area (Å²) in [6.07, 6.45) is 1.01. The molecule has 2 aliphatic rings. The van der Waals surface area contributed by atoms with E-state index in [1.165, 1.54) is 21.6 Å². The lowest BCUT2D eigenvalue weighted by Crippen LogP contribution is -2.56. The van der Waals surface area contributed by atoms with Gasteiger partial charge in [-0.15, -0.1) is 0 Å². The van der Waals surface area contributed by atoms with Crippen LogP contribution >= 0.6 is 0 Å². The Labute approximate surface area is 226 Å². The number of para-hydroxylation sites is 1. The van der Waals surface area contributed by atoms with Crippen LogP contribution in [0, 0.1) is 22.7 Å². The molecule has 1 fully saturated rings. The fourth-order valence-electron chi connectivity index (χ4n) is 5.63. The van der Waals surface area contributed by atoms with Gasteiger partial charge in [-0.2, -0.15) is 5.26 Å². The van der Waals surface area contributed by atoms with Crippen LogP contribution in [-0.4, -0.2) is 77.1 Å². The van der Waals surface area contributed by atoms with Crippen molar-refractivity contribution in [3.63, 3.8) is 0 Å². The van der Waals surface area contributed by atoms with Gasteiger partial charge in [0.15, 0.2) is 0 Å². The molecule has 1 spiro atoms. The van der Waals surface area contributed by atoms with E-state index < -0.39 is 23.5 Å². The summed E-state index contributed by atoms with van der Waals surface area (Å²) in [4.78, 5) is 57.8. The van der Waals surface area contributed by atoms with Crippen LogP contribution in [0.15, 0.2) is 24.3 Å². The number of hydrogen-bond donors (Lipinski definition) is 1. The van der Waals surface area contributed by atoms with Crippen molar-refractivity contribution in [1.29, 1.82) is 5.26 Å². The maximum atomic E-state index is 14.1. The van der Waals surface area contributed by atoms with Crippen molar-refractivity contribution >= 4 is 29.3 Å². The molecule has 38 heavy (non-hydrogen) atoms. The first-order valence-corrected chi connectivity index (χ1v) is 13.2. The summed E-state index contributed by atoms with van der Waals surface area (Å²) in [7, 11) is 3.21. The number of likely N-dealkylation sites (N-methyl/N-ethyl adjacent to an activating group) is 2. The summed E-state index contributed by atoms with van der Waals surface area (Å²) in [6.45, 7) is 11.5. The van der Waals surface area contributed by atoms with Gasteiger partial charge in [-0.25, -0.2) is 0 Å². The molecular formula is C29H41N5O4. The predicted octanol–water partition coefficient (Wildman–Crippen LogP) is 3.16. The zero-order valence-electron chi connectivity index (χ0n) is 23.9. The number of amides is 4. The first kappa shape index (κ1) is 29.2. The van der Waals surface area contributed by atoms with Crippen molar-refractivity contribution in [2.45, 2.75) is 84.3 Å². The Morgan fingerprint density at radius 3 is 2.34 bits per heavy atom. The minimum Gasteiger partial charge on any atom is -0.334 e. The lowest BCUT2D eigenvalue weighted by atomic mass is 9.80. The van der Waals surface area contributed by atoms with Gasteiger partial charge in [0.05, 0.1) is 11.5 Å². The summed E-state index contributed by atoms with van der Waals surface area (Å²) in [5.41, 5.74) is 0.255. The van der Waals surface area contributed by atoms with Crippen LogP contribution in [0.1, 0.15) is 66.4 Å². The molecule has 9 heteroatoms. The second kappa shape index (κ2) is 10.8. The van der Waals surface area contributed by atoms with E-state index >= 15 is 0 Å². The van der Waals surface area contributed by atoms with Gasteiger partial charge in [0, 0.05) is 39.7 Å². The van der Waals surface area contributed by atoms with Crippen molar-refractivity contribution in [1.82, 2.24) is 14.7 Å². The molecule has 0 aromatic heterocycles. The van der Waals surface area contributed by atoms with Gasteiger partial charge >= 0.3 is 0 Å². The number of nitrogens with zero attached hydrogens (tertiary/aromatic N) is 4. The Morgan fingerprint density at radius 1 is 1.16 bits per heavy atom. The Balaban J connectivity index is 1.96. The molecule has 0 saturated carbocycles. The standard InChI is InChI=1S/C29H41N5O4/c1-18(2)13-23(33(8)25(36)24(15-28(4,5)6)32(7)19(3)35)26(37)34-17-29(14-20(34)16-30)21-11-9-10-12-22(21)31-27(29)38/h9-12,18,20,23-24H,13-15,17H2,1-8H3,(H,31,38)/t20-,23-,24-,29-/m0/s1. The summed E-state index contributed by atoms with van der Waals surface area (Å²) >= 11 is 0. The van der Waals surface area contributed by atoms with Crippen LogP contribution in [0.2, 0.25) is 0 Å². The van der Waals surface area contributed by atoms with Crippen LogP contribution in [0.25, 0.3) is 0 Å². The summed E-state index contributed by atoms with van der Waals surface area (Å²) < 4.78 is 0. The van der Waals surface area contributed by atoms with E-state index in [0.29, 0.717) is 18.5 Å². The van der Waals surface area contributed by atoms with E-state index in [1.54, 1.807) is 14.1 Å². The molecule has 0 radical (unpaired) electrons. The van der Waals surface area contributed by atoms with Gasteiger partial charge in [-0.1, -0.05) is 52.8 Å². The third-order valence-corrected chi connectivity index (χ3v) is 7.77. The van der Waals surface area contributed by atoms with Crippen LogP contribution in [0.5, 0.6) is 0 Å². The molecule has 4 atom stereocenters. The highest BCUT2D eigenvalue weighted by Gasteiger charge is 2.56. The molecule has 206 valence electrons. The molecule has 1 aromatic rings. The van der Waals surface area contributed by atoms with Crippen LogP contribution < -0.4 is 5.32 Å². The normalized spacial score (nSPS) is 22.1. The quantitative estimate of drug-likeness (QED) is 0.590. The van der Waals surface area contributed by atoms with Gasteiger partial charge in [0.2, 0.25) is 23.6 Å². The van der Waals surface area contributed by atoms with Gasteiger partial charge in [0.25, 0.3) is 0 Å². The molecule has 0 aliphatic carbocycles. The molecule has 1 N–H and O–H groups in total. The Morgan fingerprint density at radius 2 is 1.79 bits per heavy atom. The summed E-state index contributed by atoms with van der Waals surface area (Å²) in [6, 6.07) is 7.23. The molecule has 1 saturated heterocycles. The van der Waals surface area contributed by atoms with Gasteiger partial charge in [-0.3, -0.25) is 19.2 Å². The second-order valence-electron chi connectivity index (χ2n) is 12.4. The summed E-state index contributed by atoms with van der Waals surface area (Å²) in [5, 5.41) is 12.9. The Hall–Kier alpha value is -3.41. The number of nitrogens with one attached hydrogen (secondary N) is 1. The monoisotopic (exact) mass is 523 g/mol. The first-order valence-electron chi connectivity index (χ1n) is 13.2. The van der Waals surface area contributed by atoms with E-state index in [0.717, 1.165) is 5.56 Å². The topological polar surface area (TPSA) is 114 Å². The van der Waals surface area contributed by atoms with Crippen LogP contribution in [-0.2, 0) is 24.6 Å². The maximum Gasteiger partial charge on any atom is 0.246 e. The van der Waals surface area contributed by atoms with Gasteiger partial charge in [-0.05, 0) is 35.8 Å². The highest BCUT2D eigenvalue weighted by Crippen LogP contribution is 2.46. The van der Waals surface area contributed by atoms with Gasteiger partial charge < -0.3 is 20.0 Å². The fraction of sp³-hybridized carbons (Fsp3) is 0.621. The van der Waals surface area contributed by atoms with E-state index in [4.69, 9.17) is 0 Å². The number of nitriles is 1. The number of rotatable bonds is 7. The largest absolute Gasteiger partial charge is 0.334 e. The zero-order valence-corrected chi connectivity index (χ0v) is 23.9. The molecule has 0 unspecified atom stereocenters. The number of hydrogen-bond acceptors (Lipinski definition) is 5. The second-order valence-corrected chi connectivity index (χ2v) is 12.4. The molecule has 2 aliphatic heterocycles. The molecular weight excluding hydrogens is 482 g/mol. The van der Waals surface area contributed by atoms with E-state index in [-0.39, 0.29) is 47.9 Å². The Kier molecular flexibility index (Phi) is 8.25. The third kappa shape index (κ3) is 5.54. The van der Waals surface area contributed by atoms with E-state index in [9.17, 15) is 24.4 Å². The number of benzene rings is 1. The average Bonchev–Trinajstić information content (AvgIpc) is 3.36. The number of carbonyl (C=O) groups is 4. The smallest absolute Gasteiger partial charge is 0.246 e. The van der Waals surface area contributed by atoms with Crippen molar-refractivity contribution in [2.75, 3.05) is 26.0 Å². The summed E-state index contributed by atoms with van der Waals surface area (Å²) in [5.74, 6) is -1.03. The molecule has 1 aromatic carbocycles. The lowest BCUT2D eigenvalue weighted by molar-refractivity contribution is -0.151. The minimum absolute atomic E-state index is 0.0717. The number of anilines is 1. The maximum absolute atomic E-state index is 14.1. The highest BCUT2D eigenvalue weighted by atomic mass is 16.2. The Bertz CT molecular complexity index is 1150. The first-order chi connectivity index (χ1) is 17.6. The van der Waals surface area contributed by atoms with Crippen molar-refractivity contribution < 1.29 is 19.2 Å². The SMILES string of the molecule is CC(=O)N(C)[C@@H](CC(C)(C)C)C(=O)N(C)[C@@H](CC(C)C)C(=O)N1C[C@]2(C[C@H]1C#N)C(=O)Nc1ccccc12. The van der Waals surface area contributed by atoms with Crippen LogP contribution in [0.3, 0.4) is 0 Å². The zero-order chi connectivity index (χ0) is 28.6. The lowest BCUT2D eigenvalue weighted by Gasteiger charge is -2.38. The highest BCUT2D eigenvalue weighted by molar-refractivity contribution is 6.07. The van der Waals surface area contributed by atoms with Crippen molar-refractivity contribution in [3.8, 4) is 6.07 Å². The molecule has 0 bridgehead atoms.